The van der Waals surface area contributed by atoms with Gasteiger partial charge in [-0.2, -0.15) is 0 Å². The minimum atomic E-state index is -0.799. The summed E-state index contributed by atoms with van der Waals surface area (Å²) < 4.78 is 5.24. The highest BCUT2D eigenvalue weighted by Crippen LogP contribution is 2.46. The molecule has 16 heavy (non-hydrogen) atoms. The van der Waals surface area contributed by atoms with Crippen molar-refractivity contribution in [1.82, 2.24) is 4.90 Å². The van der Waals surface area contributed by atoms with Gasteiger partial charge in [0.15, 0.2) is 0 Å². The summed E-state index contributed by atoms with van der Waals surface area (Å²) in [5, 5.41) is 8.97. The molecule has 1 saturated carbocycles. The van der Waals surface area contributed by atoms with E-state index in [4.69, 9.17) is 9.84 Å². The number of rotatable bonds is 1. The fourth-order valence-corrected chi connectivity index (χ4v) is 2.52. The lowest BCUT2D eigenvalue weighted by atomic mass is 9.74. The summed E-state index contributed by atoms with van der Waals surface area (Å²) in [6.07, 6.45) is 0.416. The van der Waals surface area contributed by atoms with Gasteiger partial charge in [-0.1, -0.05) is 0 Å². The third-order valence-corrected chi connectivity index (χ3v) is 3.21. The van der Waals surface area contributed by atoms with Crippen LogP contribution in [0.3, 0.4) is 0 Å². The Kier molecular flexibility index (Phi) is 2.36. The molecule has 2 heterocycles. The number of aliphatic carboxylic acids is 1. The second-order valence-corrected chi connectivity index (χ2v) is 5.56. The Balaban J connectivity index is 1.99. The maximum absolute atomic E-state index is 11.8. The van der Waals surface area contributed by atoms with Crippen LogP contribution >= 0.6 is 0 Å². The SMILES string of the molecule is CC(C)(C)OC(=O)N1C[C@@H]2C[C@@H]1[C@@H]2C(=O)O. The van der Waals surface area contributed by atoms with Crippen LogP contribution in [0.2, 0.25) is 0 Å². The molecule has 3 atom stereocenters. The summed E-state index contributed by atoms with van der Waals surface area (Å²) in [4.78, 5) is 24.3. The molecule has 2 bridgehead atoms. The van der Waals surface area contributed by atoms with Gasteiger partial charge in [-0.05, 0) is 33.1 Å². The standard InChI is InChI=1S/C11H17NO4/c1-11(2,3)16-10(15)12-5-6-4-7(12)8(6)9(13)14/h6-8H,4-5H2,1-3H3,(H,13,14)/t6-,7+,8+/m0/s1. The zero-order valence-corrected chi connectivity index (χ0v) is 9.77. The molecule has 3 rings (SSSR count). The molecule has 90 valence electrons. The van der Waals surface area contributed by atoms with Gasteiger partial charge in [-0.3, -0.25) is 4.79 Å². The number of ether oxygens (including phenoxy) is 1. The smallest absolute Gasteiger partial charge is 0.410 e. The lowest BCUT2D eigenvalue weighted by molar-refractivity contribution is -0.147. The first-order chi connectivity index (χ1) is 7.29. The Morgan fingerprint density at radius 3 is 2.44 bits per heavy atom. The van der Waals surface area contributed by atoms with Crippen molar-refractivity contribution in [3.05, 3.63) is 0 Å². The van der Waals surface area contributed by atoms with Crippen LogP contribution in [0.1, 0.15) is 27.2 Å². The van der Waals surface area contributed by atoms with Gasteiger partial charge < -0.3 is 14.7 Å². The van der Waals surface area contributed by atoms with Crippen molar-refractivity contribution in [2.45, 2.75) is 38.8 Å². The van der Waals surface area contributed by atoms with E-state index in [1.54, 1.807) is 25.7 Å². The topological polar surface area (TPSA) is 66.8 Å². The molecular formula is C11H17NO4. The molecule has 3 fully saturated rings. The lowest BCUT2D eigenvalue weighted by Crippen LogP contribution is -2.46. The molecule has 0 unspecified atom stereocenters. The number of hydrogen-bond acceptors (Lipinski definition) is 3. The molecule has 0 aromatic carbocycles. The highest BCUT2D eigenvalue weighted by molar-refractivity contribution is 5.77. The fraction of sp³-hybridized carbons (Fsp3) is 0.818. The van der Waals surface area contributed by atoms with Crippen LogP contribution in [0.5, 0.6) is 0 Å². The molecule has 1 aliphatic carbocycles. The molecule has 2 saturated heterocycles. The van der Waals surface area contributed by atoms with Crippen molar-refractivity contribution >= 4 is 12.1 Å². The monoisotopic (exact) mass is 227 g/mol. The van der Waals surface area contributed by atoms with E-state index in [2.05, 4.69) is 0 Å². The van der Waals surface area contributed by atoms with Gasteiger partial charge in [-0.15, -0.1) is 0 Å². The van der Waals surface area contributed by atoms with Crippen molar-refractivity contribution in [3.63, 3.8) is 0 Å². The number of carbonyl (C=O) groups excluding carboxylic acids is 1. The number of hydrogen-bond donors (Lipinski definition) is 1. The number of carboxylic acids is 1. The molecule has 1 N–H and O–H groups in total. The summed E-state index contributed by atoms with van der Waals surface area (Å²) in [6.45, 7) is 5.94. The Labute approximate surface area is 94.4 Å². The first-order valence-corrected chi connectivity index (χ1v) is 5.52. The average Bonchev–Trinajstić information content (AvgIpc) is 2.53. The van der Waals surface area contributed by atoms with E-state index < -0.39 is 11.6 Å². The third-order valence-electron chi connectivity index (χ3n) is 3.21. The van der Waals surface area contributed by atoms with Crippen LogP contribution in [-0.4, -0.2) is 40.3 Å². The van der Waals surface area contributed by atoms with Gasteiger partial charge in [0.05, 0.1) is 5.92 Å². The minimum Gasteiger partial charge on any atom is -0.481 e. The molecule has 5 nitrogen and oxygen atoms in total. The third kappa shape index (κ3) is 1.74. The van der Waals surface area contributed by atoms with Crippen LogP contribution in [0.25, 0.3) is 0 Å². The Hall–Kier alpha value is -1.26. The maximum Gasteiger partial charge on any atom is 0.410 e. The van der Waals surface area contributed by atoms with E-state index in [0.29, 0.717) is 6.54 Å². The fourth-order valence-electron chi connectivity index (χ4n) is 2.52. The van der Waals surface area contributed by atoms with Gasteiger partial charge in [0.25, 0.3) is 0 Å². The quantitative estimate of drug-likeness (QED) is 0.733. The van der Waals surface area contributed by atoms with E-state index >= 15 is 0 Å². The van der Waals surface area contributed by atoms with Crippen molar-refractivity contribution in [2.24, 2.45) is 11.8 Å². The number of nitrogens with zero attached hydrogens (tertiary/aromatic N) is 1. The first-order valence-electron chi connectivity index (χ1n) is 5.52. The van der Waals surface area contributed by atoms with Crippen LogP contribution in [0.4, 0.5) is 4.79 Å². The lowest BCUT2D eigenvalue weighted by Gasteiger charge is -2.33. The summed E-state index contributed by atoms with van der Waals surface area (Å²) >= 11 is 0. The van der Waals surface area contributed by atoms with Crippen LogP contribution < -0.4 is 0 Å². The predicted octanol–water partition coefficient (Wildman–Crippen LogP) is 1.33. The van der Waals surface area contributed by atoms with E-state index in [1.807, 2.05) is 0 Å². The second-order valence-electron chi connectivity index (χ2n) is 5.56. The van der Waals surface area contributed by atoms with E-state index in [9.17, 15) is 9.59 Å². The van der Waals surface area contributed by atoms with Crippen LogP contribution in [0.15, 0.2) is 0 Å². The molecule has 1 amide bonds. The van der Waals surface area contributed by atoms with Gasteiger partial charge in [0, 0.05) is 12.6 Å². The Morgan fingerprint density at radius 1 is 1.38 bits per heavy atom. The maximum atomic E-state index is 11.8. The number of fused-ring (bicyclic) bond motifs is 1. The largest absolute Gasteiger partial charge is 0.481 e. The minimum absolute atomic E-state index is 0.120. The molecular weight excluding hydrogens is 210 g/mol. The molecule has 0 aromatic rings. The summed E-state index contributed by atoms with van der Waals surface area (Å²) in [7, 11) is 0. The Morgan fingerprint density at radius 2 is 2.00 bits per heavy atom. The van der Waals surface area contributed by atoms with E-state index in [-0.39, 0.29) is 24.0 Å². The van der Waals surface area contributed by atoms with E-state index in [0.717, 1.165) is 6.42 Å². The van der Waals surface area contributed by atoms with Crippen molar-refractivity contribution < 1.29 is 19.4 Å². The van der Waals surface area contributed by atoms with E-state index in [1.165, 1.54) is 0 Å². The normalized spacial score (nSPS) is 32.2. The molecule has 2 aliphatic heterocycles. The van der Waals surface area contributed by atoms with Crippen LogP contribution in [-0.2, 0) is 9.53 Å². The zero-order valence-electron chi connectivity index (χ0n) is 9.77. The number of carboxylic acid groups (broad SMARTS) is 1. The summed E-state index contributed by atoms with van der Waals surface area (Å²) in [6, 6.07) is -0.155. The first kappa shape index (κ1) is 11.2. The molecule has 5 heteroatoms. The van der Waals surface area contributed by atoms with Gasteiger partial charge in [0.1, 0.15) is 5.60 Å². The zero-order chi connectivity index (χ0) is 12.1. The predicted molar refractivity (Wildman–Crippen MR) is 56.0 cm³/mol. The Bertz CT molecular complexity index is 333. The highest BCUT2D eigenvalue weighted by Gasteiger charge is 2.57. The van der Waals surface area contributed by atoms with Gasteiger partial charge in [0.2, 0.25) is 0 Å². The second kappa shape index (κ2) is 3.37. The summed E-state index contributed by atoms with van der Waals surface area (Å²) in [5.74, 6) is -1.06. The van der Waals surface area contributed by atoms with Gasteiger partial charge in [-0.25, -0.2) is 4.79 Å². The molecule has 0 spiro atoms. The molecule has 0 radical (unpaired) electrons. The number of carbonyl (C=O) groups is 2. The molecule has 0 aromatic heterocycles. The number of amides is 1. The van der Waals surface area contributed by atoms with Gasteiger partial charge >= 0.3 is 12.1 Å². The molecule has 3 aliphatic rings. The van der Waals surface area contributed by atoms with Crippen LogP contribution in [0, 0.1) is 11.8 Å². The average molecular weight is 227 g/mol. The van der Waals surface area contributed by atoms with Crippen molar-refractivity contribution in [1.29, 1.82) is 0 Å². The van der Waals surface area contributed by atoms with Crippen molar-refractivity contribution in [3.8, 4) is 0 Å². The highest BCUT2D eigenvalue weighted by atomic mass is 16.6. The summed E-state index contributed by atoms with van der Waals surface area (Å²) in [5.41, 5.74) is -0.525. The van der Waals surface area contributed by atoms with Crippen molar-refractivity contribution in [2.75, 3.05) is 6.54 Å².